The fraction of sp³-hybridized carbons (Fsp3) is 0.615. The molecule has 1 aliphatic rings. The predicted molar refractivity (Wildman–Crippen MR) is 72.4 cm³/mol. The number of aryl methyl sites for hydroxylation is 2. The summed E-state index contributed by atoms with van der Waals surface area (Å²) >= 11 is 1.49. The Hall–Kier alpha value is -1.43. The molecule has 19 heavy (non-hydrogen) atoms. The maximum Gasteiger partial charge on any atom is 0.308 e. The van der Waals surface area contributed by atoms with Gasteiger partial charge in [0, 0.05) is 17.5 Å². The van der Waals surface area contributed by atoms with Gasteiger partial charge in [-0.25, -0.2) is 4.98 Å². The molecular formula is C13H18N2O3S. The van der Waals surface area contributed by atoms with Gasteiger partial charge in [-0.1, -0.05) is 0 Å². The highest BCUT2D eigenvalue weighted by atomic mass is 32.1. The molecule has 2 rings (SSSR count). The molecular weight excluding hydrogens is 264 g/mol. The quantitative estimate of drug-likeness (QED) is 0.901. The molecule has 0 bridgehead atoms. The number of carbonyl (C=O) groups excluding carboxylic acids is 1. The molecule has 1 amide bonds. The summed E-state index contributed by atoms with van der Waals surface area (Å²) in [5.74, 6) is -1.44. The molecule has 0 unspecified atom stereocenters. The third-order valence-corrected chi connectivity index (χ3v) is 4.56. The third kappa shape index (κ3) is 2.63. The fourth-order valence-electron chi connectivity index (χ4n) is 2.62. The van der Waals surface area contributed by atoms with Gasteiger partial charge in [0.25, 0.3) is 5.91 Å². The first-order chi connectivity index (χ1) is 8.91. The number of aliphatic carboxylic acids is 1. The van der Waals surface area contributed by atoms with Crippen LogP contribution in [0.25, 0.3) is 0 Å². The van der Waals surface area contributed by atoms with Crippen molar-refractivity contribution >= 4 is 23.2 Å². The summed E-state index contributed by atoms with van der Waals surface area (Å²) < 4.78 is 0. The van der Waals surface area contributed by atoms with Crippen LogP contribution >= 0.6 is 11.3 Å². The maximum atomic E-state index is 12.5. The van der Waals surface area contributed by atoms with Crippen molar-refractivity contribution in [1.29, 1.82) is 0 Å². The zero-order valence-electron chi connectivity index (χ0n) is 11.3. The molecule has 6 heteroatoms. The summed E-state index contributed by atoms with van der Waals surface area (Å²) in [6.07, 6.45) is 1.37. The lowest BCUT2D eigenvalue weighted by Crippen LogP contribution is -2.49. The van der Waals surface area contributed by atoms with Crippen LogP contribution in [0.15, 0.2) is 0 Å². The van der Waals surface area contributed by atoms with E-state index < -0.39 is 11.9 Å². The molecule has 1 fully saturated rings. The molecule has 1 saturated heterocycles. The third-order valence-electron chi connectivity index (χ3n) is 3.67. The van der Waals surface area contributed by atoms with Gasteiger partial charge in [-0.05, 0) is 33.6 Å². The first-order valence-electron chi connectivity index (χ1n) is 6.39. The fourth-order valence-corrected chi connectivity index (χ4v) is 3.43. The number of piperidine rings is 1. The van der Waals surface area contributed by atoms with E-state index in [9.17, 15) is 14.7 Å². The molecule has 0 saturated carbocycles. The molecule has 5 nitrogen and oxygen atoms in total. The van der Waals surface area contributed by atoms with Crippen LogP contribution in [-0.2, 0) is 4.79 Å². The van der Waals surface area contributed by atoms with Crippen LogP contribution in [0.1, 0.15) is 40.1 Å². The summed E-state index contributed by atoms with van der Waals surface area (Å²) in [5.41, 5.74) is 0.473. The van der Waals surface area contributed by atoms with E-state index >= 15 is 0 Å². The number of carboxylic acids is 1. The van der Waals surface area contributed by atoms with Crippen LogP contribution in [0.4, 0.5) is 0 Å². The Morgan fingerprint density at radius 3 is 2.63 bits per heavy atom. The highest BCUT2D eigenvalue weighted by molar-refractivity contribution is 7.11. The minimum absolute atomic E-state index is 0.139. The number of hydrogen-bond donors (Lipinski definition) is 1. The zero-order valence-corrected chi connectivity index (χ0v) is 12.2. The van der Waals surface area contributed by atoms with E-state index in [1.807, 2.05) is 20.8 Å². The lowest BCUT2D eigenvalue weighted by molar-refractivity contribution is -0.144. The molecule has 1 aromatic rings. The van der Waals surface area contributed by atoms with Gasteiger partial charge in [-0.2, -0.15) is 0 Å². The van der Waals surface area contributed by atoms with Crippen LogP contribution in [0.3, 0.4) is 0 Å². The van der Waals surface area contributed by atoms with Gasteiger partial charge >= 0.3 is 5.97 Å². The number of amides is 1. The van der Waals surface area contributed by atoms with E-state index in [4.69, 9.17) is 0 Å². The molecule has 104 valence electrons. The lowest BCUT2D eigenvalue weighted by Gasteiger charge is -2.37. The molecule has 2 atom stereocenters. The molecule has 0 spiro atoms. The van der Waals surface area contributed by atoms with Gasteiger partial charge in [0.15, 0.2) is 0 Å². The van der Waals surface area contributed by atoms with Gasteiger partial charge < -0.3 is 10.0 Å². The Kier molecular flexibility index (Phi) is 3.89. The SMILES string of the molecule is Cc1nc(C(=O)N2CCC[C@@H](C(=O)O)[C@H]2C)c(C)s1. The number of nitrogens with zero attached hydrogens (tertiary/aromatic N) is 2. The van der Waals surface area contributed by atoms with Gasteiger partial charge in [-0.3, -0.25) is 9.59 Å². The first kappa shape index (κ1) is 14.0. The predicted octanol–water partition coefficient (Wildman–Crippen LogP) is 2.09. The van der Waals surface area contributed by atoms with Crippen molar-refractivity contribution in [3.05, 3.63) is 15.6 Å². The van der Waals surface area contributed by atoms with Crippen LogP contribution in [0, 0.1) is 19.8 Å². The zero-order chi connectivity index (χ0) is 14.2. The number of carbonyl (C=O) groups is 2. The van der Waals surface area contributed by atoms with Crippen molar-refractivity contribution in [3.8, 4) is 0 Å². The summed E-state index contributed by atoms with van der Waals surface area (Å²) in [4.78, 5) is 30.5. The molecule has 2 heterocycles. The van der Waals surface area contributed by atoms with E-state index in [2.05, 4.69) is 4.98 Å². The Bertz CT molecular complexity index is 512. The van der Waals surface area contributed by atoms with Crippen molar-refractivity contribution in [1.82, 2.24) is 9.88 Å². The molecule has 0 radical (unpaired) electrons. The monoisotopic (exact) mass is 282 g/mol. The van der Waals surface area contributed by atoms with E-state index in [0.717, 1.165) is 16.3 Å². The number of carboxylic acid groups (broad SMARTS) is 1. The number of hydrogen-bond acceptors (Lipinski definition) is 4. The number of rotatable bonds is 2. The molecule has 0 aliphatic carbocycles. The second-order valence-corrected chi connectivity index (χ2v) is 6.37. The molecule has 1 N–H and O–H groups in total. The lowest BCUT2D eigenvalue weighted by atomic mass is 9.90. The highest BCUT2D eigenvalue weighted by Crippen LogP contribution is 2.27. The Balaban J connectivity index is 2.23. The number of aromatic nitrogens is 1. The van der Waals surface area contributed by atoms with E-state index in [1.165, 1.54) is 11.3 Å². The van der Waals surface area contributed by atoms with Gasteiger partial charge in [0.1, 0.15) is 5.69 Å². The van der Waals surface area contributed by atoms with Gasteiger partial charge in [0.2, 0.25) is 0 Å². The van der Waals surface area contributed by atoms with E-state index in [1.54, 1.807) is 4.90 Å². The van der Waals surface area contributed by atoms with Gasteiger partial charge in [0.05, 0.1) is 10.9 Å². The normalized spacial score (nSPS) is 23.4. The van der Waals surface area contributed by atoms with Crippen LogP contribution < -0.4 is 0 Å². The maximum absolute atomic E-state index is 12.5. The standard InChI is InChI=1S/C13H18N2O3S/c1-7-10(13(17)18)5-4-6-15(7)12(16)11-8(2)19-9(3)14-11/h7,10H,4-6H2,1-3H3,(H,17,18)/t7-,10-/m1/s1. The summed E-state index contributed by atoms with van der Waals surface area (Å²) in [7, 11) is 0. The average molecular weight is 282 g/mol. The first-order valence-corrected chi connectivity index (χ1v) is 7.21. The Morgan fingerprint density at radius 2 is 2.11 bits per heavy atom. The van der Waals surface area contributed by atoms with Crippen molar-refractivity contribution in [2.75, 3.05) is 6.54 Å². The van der Waals surface area contributed by atoms with Crippen molar-refractivity contribution in [2.24, 2.45) is 5.92 Å². The summed E-state index contributed by atoms with van der Waals surface area (Å²) in [5, 5.41) is 10.0. The Labute approximate surface area is 116 Å². The highest BCUT2D eigenvalue weighted by Gasteiger charge is 2.36. The molecule has 1 aromatic heterocycles. The summed E-state index contributed by atoms with van der Waals surface area (Å²) in [6.45, 7) is 6.17. The molecule has 0 aromatic carbocycles. The number of thiazole rings is 1. The topological polar surface area (TPSA) is 70.5 Å². The smallest absolute Gasteiger partial charge is 0.308 e. The van der Waals surface area contributed by atoms with Crippen molar-refractivity contribution in [2.45, 2.75) is 39.7 Å². The van der Waals surface area contributed by atoms with Crippen molar-refractivity contribution in [3.63, 3.8) is 0 Å². The van der Waals surface area contributed by atoms with Crippen LogP contribution in [0.5, 0.6) is 0 Å². The molecule has 1 aliphatic heterocycles. The minimum atomic E-state index is -0.823. The van der Waals surface area contributed by atoms with Gasteiger partial charge in [-0.15, -0.1) is 11.3 Å². The Morgan fingerprint density at radius 1 is 1.42 bits per heavy atom. The second-order valence-electron chi connectivity index (χ2n) is 4.96. The van der Waals surface area contributed by atoms with Crippen LogP contribution in [-0.4, -0.2) is 39.5 Å². The minimum Gasteiger partial charge on any atom is -0.481 e. The van der Waals surface area contributed by atoms with E-state index in [-0.39, 0.29) is 11.9 Å². The van der Waals surface area contributed by atoms with Crippen molar-refractivity contribution < 1.29 is 14.7 Å². The second kappa shape index (κ2) is 5.28. The van der Waals surface area contributed by atoms with Crippen LogP contribution in [0.2, 0.25) is 0 Å². The average Bonchev–Trinajstić information content (AvgIpc) is 2.67. The largest absolute Gasteiger partial charge is 0.481 e. The number of likely N-dealkylation sites (tertiary alicyclic amines) is 1. The summed E-state index contributed by atoms with van der Waals surface area (Å²) in [6, 6.07) is -0.278. The van der Waals surface area contributed by atoms with E-state index in [0.29, 0.717) is 18.7 Å².